The quantitative estimate of drug-likeness (QED) is 0.465. The molecule has 2 heterocycles. The molecule has 2 aliphatic rings. The number of hydrogen-bond acceptors (Lipinski definition) is 6. The van der Waals surface area contributed by atoms with Gasteiger partial charge in [-0.3, -0.25) is 19.7 Å². The summed E-state index contributed by atoms with van der Waals surface area (Å²) in [4.78, 5) is 38.4. The number of carbonyl (C=O) groups excluding carboxylic acids is 2. The van der Waals surface area contributed by atoms with Crippen LogP contribution < -0.4 is 15.5 Å². The molecule has 2 aromatic carbocycles. The molecule has 0 aliphatic carbocycles. The van der Waals surface area contributed by atoms with Gasteiger partial charge in [-0.15, -0.1) is 0 Å². The van der Waals surface area contributed by atoms with Crippen molar-refractivity contribution in [3.05, 3.63) is 62.7 Å². The summed E-state index contributed by atoms with van der Waals surface area (Å²) in [7, 11) is 0. The highest BCUT2D eigenvalue weighted by molar-refractivity contribution is 6.32. The highest BCUT2D eigenvalue weighted by Gasteiger charge is 2.23. The second-order valence-corrected chi connectivity index (χ2v) is 8.56. The number of anilines is 2. The third-order valence-electron chi connectivity index (χ3n) is 5.87. The van der Waals surface area contributed by atoms with Crippen molar-refractivity contribution in [2.75, 3.05) is 36.5 Å². The summed E-state index contributed by atoms with van der Waals surface area (Å²) in [6, 6.07) is 9.05. The number of benzene rings is 2. The van der Waals surface area contributed by atoms with Crippen molar-refractivity contribution in [3.8, 4) is 0 Å². The number of nitro benzene ring substituents is 1. The van der Waals surface area contributed by atoms with E-state index >= 15 is 0 Å². The van der Waals surface area contributed by atoms with Crippen molar-refractivity contribution in [1.82, 2.24) is 5.32 Å². The van der Waals surface area contributed by atoms with E-state index in [1.807, 2.05) is 6.07 Å². The Morgan fingerprint density at radius 3 is 2.61 bits per heavy atom. The molecule has 1 unspecified atom stereocenters. The Kier molecular flexibility index (Phi) is 7.10. The van der Waals surface area contributed by atoms with Crippen LogP contribution in [0.25, 0.3) is 0 Å². The first-order chi connectivity index (χ1) is 15.9. The summed E-state index contributed by atoms with van der Waals surface area (Å²) in [5, 5.41) is 16.8. The second-order valence-electron chi connectivity index (χ2n) is 8.15. The molecule has 2 fully saturated rings. The molecule has 0 saturated carbocycles. The number of hydrogen-bond donors (Lipinski definition) is 2. The smallest absolute Gasteiger partial charge is 0.288 e. The summed E-state index contributed by atoms with van der Waals surface area (Å²) >= 11 is 5.84. The molecule has 2 saturated heterocycles. The van der Waals surface area contributed by atoms with E-state index in [2.05, 4.69) is 15.5 Å². The SMILES string of the molecule is O=C(Nc1ccc(N2CCCC2)c(C(=O)NCC2CCCO2)c1)c1ccc(Cl)c([N+](=O)[O-])c1. The molecule has 2 amide bonds. The normalized spacial score (nSPS) is 17.7. The van der Waals surface area contributed by atoms with Gasteiger partial charge in [0.2, 0.25) is 0 Å². The average molecular weight is 473 g/mol. The van der Waals surface area contributed by atoms with E-state index in [0.29, 0.717) is 24.4 Å². The zero-order valence-electron chi connectivity index (χ0n) is 18.0. The minimum Gasteiger partial charge on any atom is -0.376 e. The van der Waals surface area contributed by atoms with Crippen molar-refractivity contribution in [1.29, 1.82) is 0 Å². The van der Waals surface area contributed by atoms with Crippen LogP contribution in [0.5, 0.6) is 0 Å². The van der Waals surface area contributed by atoms with Gasteiger partial charge in [0.25, 0.3) is 17.5 Å². The fraction of sp³-hybridized carbons (Fsp3) is 0.391. The highest BCUT2D eigenvalue weighted by atomic mass is 35.5. The predicted octanol–water partition coefficient (Wildman–Crippen LogP) is 4.01. The molecule has 0 spiro atoms. The first-order valence-corrected chi connectivity index (χ1v) is 11.3. The lowest BCUT2D eigenvalue weighted by atomic mass is 10.1. The van der Waals surface area contributed by atoms with E-state index in [9.17, 15) is 19.7 Å². The maximum Gasteiger partial charge on any atom is 0.288 e. The van der Waals surface area contributed by atoms with Gasteiger partial charge in [-0.25, -0.2) is 0 Å². The Labute approximate surface area is 196 Å². The standard InChI is InChI=1S/C23H25ClN4O5/c24-19-7-5-15(12-21(19)28(31)32)22(29)26-16-6-8-20(27-9-1-2-10-27)18(13-16)23(30)25-14-17-4-3-11-33-17/h5-8,12-13,17H,1-4,9-11,14H2,(H,25,30)(H,26,29). The second kappa shape index (κ2) is 10.2. The Bertz CT molecular complexity index is 1060. The van der Waals surface area contributed by atoms with Gasteiger partial charge in [0.1, 0.15) is 5.02 Å². The molecule has 1 atom stereocenters. The van der Waals surface area contributed by atoms with Gasteiger partial charge in [-0.1, -0.05) is 11.6 Å². The number of amides is 2. The van der Waals surface area contributed by atoms with Crippen LogP contribution >= 0.6 is 11.6 Å². The molecule has 2 aliphatic heterocycles. The molecular weight excluding hydrogens is 448 g/mol. The monoisotopic (exact) mass is 472 g/mol. The number of rotatable bonds is 7. The molecule has 4 rings (SSSR count). The van der Waals surface area contributed by atoms with E-state index in [1.54, 1.807) is 12.1 Å². The third kappa shape index (κ3) is 5.43. The number of nitrogens with zero attached hydrogens (tertiary/aromatic N) is 2. The van der Waals surface area contributed by atoms with Crippen LogP contribution in [0.1, 0.15) is 46.4 Å². The molecule has 10 heteroatoms. The molecule has 33 heavy (non-hydrogen) atoms. The summed E-state index contributed by atoms with van der Waals surface area (Å²) in [5.41, 5.74) is 1.46. The molecule has 2 N–H and O–H groups in total. The summed E-state index contributed by atoms with van der Waals surface area (Å²) < 4.78 is 5.59. The van der Waals surface area contributed by atoms with E-state index in [1.165, 1.54) is 12.1 Å². The lowest BCUT2D eigenvalue weighted by Crippen LogP contribution is -2.33. The van der Waals surface area contributed by atoms with Gasteiger partial charge in [0.15, 0.2) is 0 Å². The van der Waals surface area contributed by atoms with Crippen LogP contribution in [0.4, 0.5) is 17.1 Å². The van der Waals surface area contributed by atoms with E-state index in [4.69, 9.17) is 16.3 Å². The van der Waals surface area contributed by atoms with Crippen molar-refractivity contribution in [2.24, 2.45) is 0 Å². The maximum absolute atomic E-state index is 13.0. The number of carbonyl (C=O) groups is 2. The lowest BCUT2D eigenvalue weighted by Gasteiger charge is -2.22. The Balaban J connectivity index is 1.55. The molecule has 9 nitrogen and oxygen atoms in total. The van der Waals surface area contributed by atoms with E-state index in [-0.39, 0.29) is 28.3 Å². The van der Waals surface area contributed by atoms with Crippen molar-refractivity contribution >= 4 is 40.5 Å². The van der Waals surface area contributed by atoms with Crippen LogP contribution in [-0.4, -0.2) is 49.1 Å². The molecule has 0 bridgehead atoms. The number of ether oxygens (including phenoxy) is 1. The summed E-state index contributed by atoms with van der Waals surface area (Å²) in [5.74, 6) is -0.764. The van der Waals surface area contributed by atoms with Crippen LogP contribution in [0.3, 0.4) is 0 Å². The minimum atomic E-state index is -0.638. The Hall–Kier alpha value is -3.17. The minimum absolute atomic E-state index is 0.0211. The van der Waals surface area contributed by atoms with Crippen LogP contribution in [0, 0.1) is 10.1 Å². The predicted molar refractivity (Wildman–Crippen MR) is 125 cm³/mol. The lowest BCUT2D eigenvalue weighted by molar-refractivity contribution is -0.384. The summed E-state index contributed by atoms with van der Waals surface area (Å²) in [6.07, 6.45) is 4.05. The van der Waals surface area contributed by atoms with Crippen molar-refractivity contribution in [2.45, 2.75) is 31.8 Å². The van der Waals surface area contributed by atoms with Crippen molar-refractivity contribution in [3.63, 3.8) is 0 Å². The average Bonchev–Trinajstić information content (AvgIpc) is 3.52. The van der Waals surface area contributed by atoms with Crippen LogP contribution in [-0.2, 0) is 4.74 Å². The molecular formula is C23H25ClN4O5. The first-order valence-electron chi connectivity index (χ1n) is 11.0. The van der Waals surface area contributed by atoms with Gasteiger partial charge < -0.3 is 20.3 Å². The van der Waals surface area contributed by atoms with Gasteiger partial charge >= 0.3 is 0 Å². The Morgan fingerprint density at radius 1 is 1.12 bits per heavy atom. The van der Waals surface area contributed by atoms with Gasteiger partial charge in [0.05, 0.1) is 16.6 Å². The number of nitrogens with one attached hydrogen (secondary N) is 2. The fourth-order valence-corrected chi connectivity index (χ4v) is 4.32. The van der Waals surface area contributed by atoms with Crippen molar-refractivity contribution < 1.29 is 19.2 Å². The topological polar surface area (TPSA) is 114 Å². The first kappa shape index (κ1) is 23.0. The van der Waals surface area contributed by atoms with E-state index in [0.717, 1.165) is 50.5 Å². The maximum atomic E-state index is 13.0. The van der Waals surface area contributed by atoms with Crippen LogP contribution in [0.2, 0.25) is 5.02 Å². The largest absolute Gasteiger partial charge is 0.376 e. The molecule has 2 aromatic rings. The van der Waals surface area contributed by atoms with E-state index < -0.39 is 10.8 Å². The van der Waals surface area contributed by atoms with Gasteiger partial charge in [-0.2, -0.15) is 0 Å². The fourth-order valence-electron chi connectivity index (χ4n) is 4.13. The van der Waals surface area contributed by atoms with Crippen LogP contribution in [0.15, 0.2) is 36.4 Å². The van der Waals surface area contributed by atoms with Gasteiger partial charge in [0, 0.05) is 49.2 Å². The Morgan fingerprint density at radius 2 is 1.91 bits per heavy atom. The third-order valence-corrected chi connectivity index (χ3v) is 6.18. The highest BCUT2D eigenvalue weighted by Crippen LogP contribution is 2.29. The van der Waals surface area contributed by atoms with Gasteiger partial charge in [-0.05, 0) is 56.0 Å². The zero-order chi connectivity index (χ0) is 23.4. The molecule has 174 valence electrons. The summed E-state index contributed by atoms with van der Waals surface area (Å²) in [6.45, 7) is 2.88. The number of halogens is 1. The molecule has 0 aromatic heterocycles. The number of nitro groups is 1. The molecule has 0 radical (unpaired) electrons. The zero-order valence-corrected chi connectivity index (χ0v) is 18.8.